The molecule has 0 aromatic rings. The number of carbonyl (C=O) groups excluding carboxylic acids is 1. The molecule has 0 fully saturated rings. The van der Waals surface area contributed by atoms with E-state index in [2.05, 4.69) is 5.32 Å². The molecule has 4 N–H and O–H groups in total. The first-order chi connectivity index (χ1) is 8.37. The average Bonchev–Trinajstić information content (AvgIpc) is 2.38. The summed E-state index contributed by atoms with van der Waals surface area (Å²) in [6.07, 6.45) is 1.93. The molecule has 0 aliphatic rings. The summed E-state index contributed by atoms with van der Waals surface area (Å²) in [4.78, 5) is 23.7. The van der Waals surface area contributed by atoms with Crippen LogP contribution >= 0.6 is 0 Å². The monoisotopic (exact) mass is 258 g/mol. The maximum Gasteiger partial charge on any atom is 0.329 e. The van der Waals surface area contributed by atoms with Crippen LogP contribution < -0.4 is 11.1 Å². The van der Waals surface area contributed by atoms with Gasteiger partial charge in [0.25, 0.3) is 0 Å². The van der Waals surface area contributed by atoms with Gasteiger partial charge in [-0.1, -0.05) is 27.7 Å². The molecule has 0 atom stereocenters. The van der Waals surface area contributed by atoms with Crippen LogP contribution in [0.2, 0.25) is 0 Å². The number of nitrogens with one attached hydrogen (secondary N) is 1. The zero-order valence-electron chi connectivity index (χ0n) is 11.9. The Hall–Kier alpha value is -1.10. The summed E-state index contributed by atoms with van der Waals surface area (Å²) in [5.41, 5.74) is 3.86. The molecule has 0 bridgehead atoms. The summed E-state index contributed by atoms with van der Waals surface area (Å²) < 4.78 is 0. The van der Waals surface area contributed by atoms with Crippen molar-refractivity contribution in [2.24, 2.45) is 11.1 Å². The lowest BCUT2D eigenvalue weighted by Gasteiger charge is -2.35. The molecule has 0 aliphatic heterocycles. The molecule has 0 heterocycles. The molecule has 0 rings (SSSR count). The Morgan fingerprint density at radius 2 is 1.50 bits per heavy atom. The summed E-state index contributed by atoms with van der Waals surface area (Å²) in [5.74, 6) is -1.24. The van der Waals surface area contributed by atoms with Gasteiger partial charge >= 0.3 is 5.97 Å². The van der Waals surface area contributed by atoms with Crippen molar-refractivity contribution >= 4 is 11.9 Å². The lowest BCUT2D eigenvalue weighted by atomic mass is 9.80. The highest BCUT2D eigenvalue weighted by atomic mass is 16.4. The van der Waals surface area contributed by atoms with E-state index in [-0.39, 0.29) is 12.5 Å². The third-order valence-corrected chi connectivity index (χ3v) is 4.20. The van der Waals surface area contributed by atoms with Gasteiger partial charge in [-0.15, -0.1) is 0 Å². The van der Waals surface area contributed by atoms with Crippen molar-refractivity contribution in [2.75, 3.05) is 6.54 Å². The largest absolute Gasteiger partial charge is 0.480 e. The normalized spacial score (nSPS) is 12.3. The zero-order valence-corrected chi connectivity index (χ0v) is 11.9. The van der Waals surface area contributed by atoms with Gasteiger partial charge in [-0.2, -0.15) is 0 Å². The first-order valence-electron chi connectivity index (χ1n) is 6.64. The SMILES string of the molecule is CCC(CC)(CN)C(=O)NC(CC)(CC)C(=O)O. The highest BCUT2D eigenvalue weighted by Crippen LogP contribution is 2.27. The summed E-state index contributed by atoms with van der Waals surface area (Å²) in [7, 11) is 0. The quantitative estimate of drug-likeness (QED) is 0.615. The predicted octanol–water partition coefficient (Wildman–Crippen LogP) is 1.51. The molecule has 18 heavy (non-hydrogen) atoms. The van der Waals surface area contributed by atoms with Crippen LogP contribution in [0.3, 0.4) is 0 Å². The van der Waals surface area contributed by atoms with Crippen LogP contribution in [0.4, 0.5) is 0 Å². The van der Waals surface area contributed by atoms with Gasteiger partial charge in [-0.05, 0) is 25.7 Å². The summed E-state index contributed by atoms with van der Waals surface area (Å²) in [5, 5.41) is 12.0. The molecule has 1 amide bonds. The fourth-order valence-electron chi connectivity index (χ4n) is 2.09. The third kappa shape index (κ3) is 3.02. The van der Waals surface area contributed by atoms with Crippen LogP contribution in [0.5, 0.6) is 0 Å². The van der Waals surface area contributed by atoms with Crippen molar-refractivity contribution in [1.82, 2.24) is 5.32 Å². The first-order valence-corrected chi connectivity index (χ1v) is 6.64. The summed E-state index contributed by atoms with van der Waals surface area (Å²) in [6.45, 7) is 7.56. The molecular weight excluding hydrogens is 232 g/mol. The summed E-state index contributed by atoms with van der Waals surface area (Å²) >= 11 is 0. The van der Waals surface area contributed by atoms with Gasteiger partial charge in [0.15, 0.2) is 0 Å². The Kier molecular flexibility index (Phi) is 6.32. The number of carbonyl (C=O) groups is 2. The number of rotatable bonds is 8. The van der Waals surface area contributed by atoms with Gasteiger partial charge in [0.1, 0.15) is 5.54 Å². The van der Waals surface area contributed by atoms with Crippen LogP contribution in [-0.4, -0.2) is 29.1 Å². The number of carboxylic acids is 1. The van der Waals surface area contributed by atoms with Gasteiger partial charge in [-0.3, -0.25) is 4.79 Å². The van der Waals surface area contributed by atoms with Gasteiger partial charge in [0.05, 0.1) is 5.41 Å². The summed E-state index contributed by atoms with van der Waals surface area (Å²) in [6, 6.07) is 0. The second kappa shape index (κ2) is 6.73. The topological polar surface area (TPSA) is 92.4 Å². The number of hydrogen-bond acceptors (Lipinski definition) is 3. The fraction of sp³-hybridized carbons (Fsp3) is 0.846. The minimum absolute atomic E-state index is 0.231. The smallest absolute Gasteiger partial charge is 0.329 e. The van der Waals surface area contributed by atoms with Crippen molar-refractivity contribution in [3.05, 3.63) is 0 Å². The minimum atomic E-state index is -1.18. The number of hydrogen-bond donors (Lipinski definition) is 3. The van der Waals surface area contributed by atoms with Crippen molar-refractivity contribution in [2.45, 2.75) is 58.9 Å². The van der Waals surface area contributed by atoms with Gasteiger partial charge < -0.3 is 16.2 Å². The Labute approximate surface area is 109 Å². The molecule has 0 radical (unpaired) electrons. The molecule has 0 unspecified atom stereocenters. The van der Waals surface area contributed by atoms with E-state index in [0.717, 1.165) is 0 Å². The fourth-order valence-corrected chi connectivity index (χ4v) is 2.09. The molecule has 0 spiro atoms. The number of carboxylic acid groups (broad SMARTS) is 1. The maximum atomic E-state index is 12.3. The van der Waals surface area contributed by atoms with Crippen LogP contribution in [0.1, 0.15) is 53.4 Å². The number of aliphatic carboxylic acids is 1. The predicted molar refractivity (Wildman–Crippen MR) is 71.2 cm³/mol. The molecular formula is C13H26N2O3. The van der Waals surface area contributed by atoms with E-state index < -0.39 is 16.9 Å². The molecule has 0 saturated carbocycles. The molecule has 0 aromatic carbocycles. The van der Waals surface area contributed by atoms with Gasteiger partial charge in [-0.25, -0.2) is 4.79 Å². The highest BCUT2D eigenvalue weighted by molar-refractivity contribution is 5.90. The van der Waals surface area contributed by atoms with Gasteiger partial charge in [0, 0.05) is 6.54 Å². The maximum absolute atomic E-state index is 12.3. The van der Waals surface area contributed by atoms with Crippen molar-refractivity contribution in [1.29, 1.82) is 0 Å². The van der Waals surface area contributed by atoms with E-state index in [9.17, 15) is 14.7 Å². The van der Waals surface area contributed by atoms with E-state index in [4.69, 9.17) is 5.73 Å². The van der Waals surface area contributed by atoms with Crippen molar-refractivity contribution < 1.29 is 14.7 Å². The molecule has 106 valence electrons. The Morgan fingerprint density at radius 3 is 1.72 bits per heavy atom. The Morgan fingerprint density at radius 1 is 1.06 bits per heavy atom. The first kappa shape index (κ1) is 16.9. The van der Waals surface area contributed by atoms with Crippen molar-refractivity contribution in [3.63, 3.8) is 0 Å². The second-order valence-electron chi connectivity index (χ2n) is 4.74. The molecule has 0 aliphatic carbocycles. The Bertz CT molecular complexity index is 286. The van der Waals surface area contributed by atoms with Gasteiger partial charge in [0.2, 0.25) is 5.91 Å². The van der Waals surface area contributed by atoms with E-state index in [1.54, 1.807) is 13.8 Å². The van der Waals surface area contributed by atoms with E-state index in [0.29, 0.717) is 25.7 Å². The lowest BCUT2D eigenvalue weighted by molar-refractivity contribution is -0.150. The molecule has 5 nitrogen and oxygen atoms in total. The van der Waals surface area contributed by atoms with E-state index in [1.807, 2.05) is 13.8 Å². The Balaban J connectivity index is 5.17. The average molecular weight is 258 g/mol. The molecule has 0 aromatic heterocycles. The van der Waals surface area contributed by atoms with Crippen LogP contribution in [0.25, 0.3) is 0 Å². The van der Waals surface area contributed by atoms with Crippen molar-refractivity contribution in [3.8, 4) is 0 Å². The lowest BCUT2D eigenvalue weighted by Crippen LogP contribution is -2.58. The zero-order chi connectivity index (χ0) is 14.4. The van der Waals surface area contributed by atoms with Crippen LogP contribution in [0.15, 0.2) is 0 Å². The second-order valence-corrected chi connectivity index (χ2v) is 4.74. The number of amides is 1. The molecule has 0 saturated heterocycles. The third-order valence-electron chi connectivity index (χ3n) is 4.20. The van der Waals surface area contributed by atoms with Crippen LogP contribution in [-0.2, 0) is 9.59 Å². The van der Waals surface area contributed by atoms with E-state index in [1.165, 1.54) is 0 Å². The minimum Gasteiger partial charge on any atom is -0.480 e. The van der Waals surface area contributed by atoms with Crippen LogP contribution in [0, 0.1) is 5.41 Å². The van der Waals surface area contributed by atoms with E-state index >= 15 is 0 Å². The standard InChI is InChI=1S/C13H26N2O3/c1-5-12(6-2,9-14)10(16)15-13(7-3,8-4)11(17)18/h5-9,14H2,1-4H3,(H,15,16)(H,17,18). The highest BCUT2D eigenvalue weighted by Gasteiger charge is 2.42. The number of nitrogens with two attached hydrogens (primary N) is 1. The molecule has 5 heteroatoms.